The molecule has 1 atom stereocenters. The summed E-state index contributed by atoms with van der Waals surface area (Å²) in [5, 5.41) is 7.03. The first kappa shape index (κ1) is 16.5. The fourth-order valence-electron chi connectivity index (χ4n) is 1.75. The van der Waals surface area contributed by atoms with Gasteiger partial charge in [-0.2, -0.15) is 0 Å². The number of carbonyl (C=O) groups excluding carboxylic acids is 2. The van der Waals surface area contributed by atoms with Gasteiger partial charge in [-0.05, 0) is 31.2 Å². The molecule has 2 aromatic rings. The summed E-state index contributed by atoms with van der Waals surface area (Å²) in [4.78, 5) is 23.5. The Morgan fingerprint density at radius 1 is 1.26 bits per heavy atom. The first-order valence-corrected chi connectivity index (χ1v) is 6.78. The summed E-state index contributed by atoms with van der Waals surface area (Å²) < 4.78 is 31.5. The monoisotopic (exact) mass is 323 g/mol. The number of benzene rings is 1. The topological polar surface area (TPSA) is 83.4 Å². The van der Waals surface area contributed by atoms with Gasteiger partial charge in [0.05, 0.1) is 18.5 Å². The normalized spacial score (nSPS) is 11.6. The Bertz CT molecular complexity index is 689. The molecule has 0 unspecified atom stereocenters. The van der Waals surface area contributed by atoms with E-state index in [1.54, 1.807) is 12.1 Å². The molecular weight excluding hydrogens is 308 g/mol. The Morgan fingerprint density at radius 2 is 2.04 bits per heavy atom. The zero-order valence-corrected chi connectivity index (χ0v) is 12.2. The van der Waals surface area contributed by atoms with Crippen molar-refractivity contribution in [2.75, 3.05) is 5.32 Å². The average molecular weight is 323 g/mol. The van der Waals surface area contributed by atoms with Crippen molar-refractivity contribution < 1.29 is 22.8 Å². The maximum absolute atomic E-state index is 13.4. The maximum atomic E-state index is 13.4. The summed E-state index contributed by atoms with van der Waals surface area (Å²) in [5.74, 6) is -1.35. The third kappa shape index (κ3) is 4.80. The van der Waals surface area contributed by atoms with Crippen LogP contribution in [0.15, 0.2) is 41.0 Å². The molecular formula is C15H15F2N3O3. The minimum Gasteiger partial charge on any atom is -0.467 e. The zero-order valence-electron chi connectivity index (χ0n) is 12.2. The lowest BCUT2D eigenvalue weighted by molar-refractivity contribution is -0.122. The van der Waals surface area contributed by atoms with Crippen LogP contribution in [0.3, 0.4) is 0 Å². The van der Waals surface area contributed by atoms with Gasteiger partial charge >= 0.3 is 6.03 Å². The summed E-state index contributed by atoms with van der Waals surface area (Å²) in [6, 6.07) is 4.35. The predicted octanol–water partition coefficient (Wildman–Crippen LogP) is 2.38. The second kappa shape index (κ2) is 7.39. The zero-order chi connectivity index (χ0) is 16.8. The molecule has 0 fully saturated rings. The number of urea groups is 1. The fourth-order valence-corrected chi connectivity index (χ4v) is 1.75. The number of nitrogens with one attached hydrogen (secondary N) is 3. The summed E-state index contributed by atoms with van der Waals surface area (Å²) in [5.41, 5.74) is -0.314. The first-order valence-electron chi connectivity index (χ1n) is 6.78. The van der Waals surface area contributed by atoms with Crippen molar-refractivity contribution in [3.63, 3.8) is 0 Å². The van der Waals surface area contributed by atoms with Crippen molar-refractivity contribution >= 4 is 17.6 Å². The molecule has 1 aromatic heterocycles. The molecule has 0 saturated carbocycles. The van der Waals surface area contributed by atoms with Crippen LogP contribution in [0, 0.1) is 11.6 Å². The molecule has 8 heteroatoms. The lowest BCUT2D eigenvalue weighted by Gasteiger charge is -2.14. The predicted molar refractivity (Wildman–Crippen MR) is 78.5 cm³/mol. The number of anilines is 1. The van der Waals surface area contributed by atoms with Crippen LogP contribution in [-0.2, 0) is 11.3 Å². The Hall–Kier alpha value is -2.90. The van der Waals surface area contributed by atoms with Gasteiger partial charge in [-0.15, -0.1) is 0 Å². The highest BCUT2D eigenvalue weighted by Gasteiger charge is 2.16. The number of hydrogen-bond acceptors (Lipinski definition) is 3. The van der Waals surface area contributed by atoms with Gasteiger partial charge in [-0.3, -0.25) is 4.79 Å². The summed E-state index contributed by atoms with van der Waals surface area (Å²) in [7, 11) is 0. The van der Waals surface area contributed by atoms with Gasteiger partial charge in [0, 0.05) is 6.07 Å². The smallest absolute Gasteiger partial charge is 0.319 e. The third-order valence-electron chi connectivity index (χ3n) is 2.93. The minimum atomic E-state index is -0.874. The Kier molecular flexibility index (Phi) is 5.29. The van der Waals surface area contributed by atoms with Gasteiger partial charge in [-0.1, -0.05) is 0 Å². The van der Waals surface area contributed by atoms with Gasteiger partial charge in [0.1, 0.15) is 23.4 Å². The quantitative estimate of drug-likeness (QED) is 0.790. The number of amides is 3. The van der Waals surface area contributed by atoms with E-state index in [1.807, 2.05) is 0 Å². The first-order chi connectivity index (χ1) is 11.0. The highest BCUT2D eigenvalue weighted by Crippen LogP contribution is 2.14. The van der Waals surface area contributed by atoms with E-state index in [9.17, 15) is 18.4 Å². The molecule has 6 nitrogen and oxygen atoms in total. The molecule has 0 saturated heterocycles. The van der Waals surface area contributed by atoms with Crippen molar-refractivity contribution in [1.82, 2.24) is 10.6 Å². The SMILES string of the molecule is C[C@H](NC(=O)Nc1cc(F)ccc1F)C(=O)NCc1ccco1. The van der Waals surface area contributed by atoms with Gasteiger partial charge in [0.2, 0.25) is 5.91 Å². The van der Waals surface area contributed by atoms with Crippen LogP contribution in [0.25, 0.3) is 0 Å². The Balaban J connectivity index is 1.84. The number of hydrogen-bond donors (Lipinski definition) is 3. The summed E-state index contributed by atoms with van der Waals surface area (Å²) in [6.07, 6.45) is 1.48. The molecule has 2 rings (SSSR count). The number of halogens is 2. The molecule has 0 aliphatic carbocycles. The molecule has 0 aliphatic rings. The number of carbonyl (C=O) groups is 2. The largest absolute Gasteiger partial charge is 0.467 e. The van der Waals surface area contributed by atoms with E-state index in [1.165, 1.54) is 13.2 Å². The van der Waals surface area contributed by atoms with E-state index in [2.05, 4.69) is 16.0 Å². The molecule has 1 heterocycles. The summed E-state index contributed by atoms with van der Waals surface area (Å²) in [6.45, 7) is 1.64. The van der Waals surface area contributed by atoms with E-state index in [-0.39, 0.29) is 12.2 Å². The second-order valence-corrected chi connectivity index (χ2v) is 4.74. The molecule has 1 aromatic carbocycles. The molecule has 0 spiro atoms. The Morgan fingerprint density at radius 3 is 2.74 bits per heavy atom. The number of furan rings is 1. The molecule has 0 radical (unpaired) electrons. The third-order valence-corrected chi connectivity index (χ3v) is 2.93. The van der Waals surface area contributed by atoms with Crippen molar-refractivity contribution in [3.05, 3.63) is 54.0 Å². The van der Waals surface area contributed by atoms with Crippen LogP contribution < -0.4 is 16.0 Å². The molecule has 23 heavy (non-hydrogen) atoms. The average Bonchev–Trinajstić information content (AvgIpc) is 3.01. The second-order valence-electron chi connectivity index (χ2n) is 4.74. The van der Waals surface area contributed by atoms with Crippen LogP contribution in [0.1, 0.15) is 12.7 Å². The van der Waals surface area contributed by atoms with Crippen LogP contribution in [0.5, 0.6) is 0 Å². The number of rotatable bonds is 5. The van der Waals surface area contributed by atoms with Gasteiger partial charge in [0.25, 0.3) is 0 Å². The highest BCUT2D eigenvalue weighted by atomic mass is 19.1. The van der Waals surface area contributed by atoms with E-state index < -0.39 is 29.6 Å². The molecule has 0 bridgehead atoms. The Labute approximate surface area is 130 Å². The van der Waals surface area contributed by atoms with Crippen LogP contribution >= 0.6 is 0 Å². The van der Waals surface area contributed by atoms with Crippen molar-refractivity contribution in [3.8, 4) is 0 Å². The van der Waals surface area contributed by atoms with E-state index in [4.69, 9.17) is 4.42 Å². The maximum Gasteiger partial charge on any atom is 0.319 e. The molecule has 3 amide bonds. The summed E-state index contributed by atoms with van der Waals surface area (Å²) >= 11 is 0. The van der Waals surface area contributed by atoms with Gasteiger partial charge in [0.15, 0.2) is 0 Å². The van der Waals surface area contributed by atoms with Crippen LogP contribution in [0.4, 0.5) is 19.3 Å². The lowest BCUT2D eigenvalue weighted by Crippen LogP contribution is -2.46. The van der Waals surface area contributed by atoms with Gasteiger partial charge < -0.3 is 20.4 Å². The van der Waals surface area contributed by atoms with Crippen molar-refractivity contribution in [2.45, 2.75) is 19.5 Å². The van der Waals surface area contributed by atoms with E-state index in [0.29, 0.717) is 5.76 Å². The lowest BCUT2D eigenvalue weighted by atomic mass is 10.3. The van der Waals surface area contributed by atoms with Crippen molar-refractivity contribution in [2.24, 2.45) is 0 Å². The standard InChI is InChI=1S/C15H15F2N3O3/c1-9(14(21)18-8-11-3-2-6-23-11)19-15(22)20-13-7-10(16)4-5-12(13)17/h2-7,9H,8H2,1H3,(H,18,21)(H2,19,20,22)/t9-/m0/s1. The van der Waals surface area contributed by atoms with Crippen LogP contribution in [0.2, 0.25) is 0 Å². The van der Waals surface area contributed by atoms with E-state index in [0.717, 1.165) is 18.2 Å². The highest BCUT2D eigenvalue weighted by molar-refractivity contribution is 5.93. The van der Waals surface area contributed by atoms with Crippen molar-refractivity contribution in [1.29, 1.82) is 0 Å². The fraction of sp³-hybridized carbons (Fsp3) is 0.200. The minimum absolute atomic E-state index is 0.179. The molecule has 0 aliphatic heterocycles. The van der Waals surface area contributed by atoms with E-state index >= 15 is 0 Å². The molecule has 122 valence electrons. The molecule has 3 N–H and O–H groups in total. The van der Waals surface area contributed by atoms with Gasteiger partial charge in [-0.25, -0.2) is 13.6 Å². The van der Waals surface area contributed by atoms with Crippen LogP contribution in [-0.4, -0.2) is 18.0 Å².